The maximum absolute atomic E-state index is 10.9. The summed E-state index contributed by atoms with van der Waals surface area (Å²) < 4.78 is 2.03. The SMILES string of the molecule is CNc1ncnc2c1ccn2[C@@H]1C[C@H](C2C[C@@H]2CCCNCCc2ccccc2)[C@@H](O)[C@H]1O. The van der Waals surface area contributed by atoms with Crippen LogP contribution in [0.3, 0.4) is 0 Å². The van der Waals surface area contributed by atoms with Gasteiger partial charge < -0.3 is 25.4 Å². The number of rotatable bonds is 10. The molecule has 7 heteroatoms. The summed E-state index contributed by atoms with van der Waals surface area (Å²) >= 11 is 0. The van der Waals surface area contributed by atoms with E-state index in [1.165, 1.54) is 18.4 Å². The standard InChI is InChI=1S/C26H35N5O2/c1-27-25-19-10-13-31(26(19)30-16-29-25)22-15-21(23(32)24(22)33)20-14-18(20)8-5-11-28-12-9-17-6-3-2-4-7-17/h2-4,6-7,10,13,16,18,20-24,28,32-33H,5,8-9,11-12,14-15H2,1H3,(H,27,29,30)/t18-,20?,21+,22+,23+,24-/m0/s1. The third kappa shape index (κ3) is 4.63. The van der Waals surface area contributed by atoms with Crippen LogP contribution in [0.4, 0.5) is 5.82 Å². The van der Waals surface area contributed by atoms with Gasteiger partial charge in [-0.25, -0.2) is 9.97 Å². The van der Waals surface area contributed by atoms with Crippen molar-refractivity contribution in [2.24, 2.45) is 17.8 Å². The van der Waals surface area contributed by atoms with E-state index in [-0.39, 0.29) is 12.0 Å². The predicted octanol–water partition coefficient (Wildman–Crippen LogP) is 3.00. The molecule has 6 atom stereocenters. The molecule has 0 radical (unpaired) electrons. The van der Waals surface area contributed by atoms with E-state index in [0.29, 0.717) is 11.8 Å². The minimum Gasteiger partial charge on any atom is -0.390 e. The molecular formula is C26H35N5O2. The first-order chi connectivity index (χ1) is 16.2. The number of hydrogen-bond acceptors (Lipinski definition) is 6. The van der Waals surface area contributed by atoms with Gasteiger partial charge in [-0.1, -0.05) is 30.3 Å². The predicted molar refractivity (Wildman–Crippen MR) is 130 cm³/mol. The van der Waals surface area contributed by atoms with Crippen LogP contribution in [0.15, 0.2) is 48.9 Å². The summed E-state index contributed by atoms with van der Waals surface area (Å²) in [5.41, 5.74) is 2.18. The Morgan fingerprint density at radius 3 is 2.67 bits per heavy atom. The Labute approximate surface area is 195 Å². The highest BCUT2D eigenvalue weighted by molar-refractivity contribution is 5.87. The zero-order valence-corrected chi connectivity index (χ0v) is 19.3. The minimum atomic E-state index is -0.764. The number of anilines is 1. The van der Waals surface area contributed by atoms with Crippen molar-refractivity contribution in [1.82, 2.24) is 19.9 Å². The van der Waals surface area contributed by atoms with Crippen molar-refractivity contribution in [2.75, 3.05) is 25.5 Å². The number of aromatic nitrogens is 3. The first-order valence-corrected chi connectivity index (χ1v) is 12.3. The van der Waals surface area contributed by atoms with Crippen LogP contribution in [0.5, 0.6) is 0 Å². The van der Waals surface area contributed by atoms with E-state index < -0.39 is 12.2 Å². The van der Waals surface area contributed by atoms with Crippen LogP contribution in [0.1, 0.15) is 37.3 Å². The number of benzene rings is 1. The van der Waals surface area contributed by atoms with E-state index >= 15 is 0 Å². The van der Waals surface area contributed by atoms with Gasteiger partial charge in [-0.05, 0) is 74.6 Å². The lowest BCUT2D eigenvalue weighted by molar-refractivity contribution is 0.00193. The van der Waals surface area contributed by atoms with Crippen LogP contribution < -0.4 is 10.6 Å². The fraction of sp³-hybridized carbons (Fsp3) is 0.538. The van der Waals surface area contributed by atoms with Gasteiger partial charge in [0.2, 0.25) is 0 Å². The average Bonchev–Trinajstić information content (AvgIpc) is 3.38. The first kappa shape index (κ1) is 22.3. The van der Waals surface area contributed by atoms with Crippen molar-refractivity contribution in [3.63, 3.8) is 0 Å². The zero-order chi connectivity index (χ0) is 22.8. The Kier molecular flexibility index (Phi) is 6.62. The molecule has 1 aromatic carbocycles. The maximum Gasteiger partial charge on any atom is 0.145 e. The fourth-order valence-corrected chi connectivity index (χ4v) is 5.80. The van der Waals surface area contributed by atoms with Gasteiger partial charge in [0.25, 0.3) is 0 Å². The van der Waals surface area contributed by atoms with Crippen LogP contribution in [-0.4, -0.2) is 57.1 Å². The quantitative estimate of drug-likeness (QED) is 0.356. The second-order valence-electron chi connectivity index (χ2n) is 9.67. The third-order valence-electron chi connectivity index (χ3n) is 7.69. The summed E-state index contributed by atoms with van der Waals surface area (Å²) in [4.78, 5) is 8.72. The van der Waals surface area contributed by atoms with Crippen molar-refractivity contribution in [1.29, 1.82) is 0 Å². The molecule has 2 saturated carbocycles. The molecule has 5 rings (SSSR count). The molecule has 2 fully saturated rings. The Hall–Kier alpha value is -2.48. The van der Waals surface area contributed by atoms with Gasteiger partial charge in [0.05, 0.1) is 17.5 Å². The number of aliphatic hydroxyl groups excluding tert-OH is 2. The maximum atomic E-state index is 10.9. The summed E-state index contributed by atoms with van der Waals surface area (Å²) in [6.07, 6.45) is 7.46. The summed E-state index contributed by atoms with van der Waals surface area (Å²) in [6, 6.07) is 12.4. The highest BCUT2D eigenvalue weighted by atomic mass is 16.3. The van der Waals surface area contributed by atoms with Crippen LogP contribution in [-0.2, 0) is 6.42 Å². The third-order valence-corrected chi connectivity index (χ3v) is 7.69. The van der Waals surface area contributed by atoms with E-state index in [4.69, 9.17) is 0 Å². The smallest absolute Gasteiger partial charge is 0.145 e. The van der Waals surface area contributed by atoms with Gasteiger partial charge in [-0.3, -0.25) is 0 Å². The van der Waals surface area contributed by atoms with Crippen molar-refractivity contribution in [3.05, 3.63) is 54.5 Å². The van der Waals surface area contributed by atoms with E-state index in [9.17, 15) is 10.2 Å². The van der Waals surface area contributed by atoms with Crippen LogP contribution in [0, 0.1) is 17.8 Å². The molecule has 0 saturated heterocycles. The molecule has 3 aromatic rings. The normalized spacial score (nSPS) is 28.9. The Balaban J connectivity index is 1.11. The molecule has 0 spiro atoms. The second-order valence-corrected chi connectivity index (χ2v) is 9.67. The lowest BCUT2D eigenvalue weighted by atomic mass is 9.96. The molecule has 2 aliphatic carbocycles. The van der Waals surface area contributed by atoms with Crippen molar-refractivity contribution >= 4 is 16.9 Å². The highest BCUT2D eigenvalue weighted by Crippen LogP contribution is 2.54. The fourth-order valence-electron chi connectivity index (χ4n) is 5.80. The second kappa shape index (κ2) is 9.79. The first-order valence-electron chi connectivity index (χ1n) is 12.3. The largest absolute Gasteiger partial charge is 0.390 e. The number of fused-ring (bicyclic) bond motifs is 1. The van der Waals surface area contributed by atoms with E-state index in [2.05, 4.69) is 50.9 Å². The van der Waals surface area contributed by atoms with Crippen molar-refractivity contribution in [2.45, 2.75) is 50.4 Å². The highest BCUT2D eigenvalue weighted by Gasteiger charge is 2.52. The van der Waals surface area contributed by atoms with Gasteiger partial charge in [0.15, 0.2) is 0 Å². The zero-order valence-electron chi connectivity index (χ0n) is 19.3. The number of nitrogens with one attached hydrogen (secondary N) is 2. The number of aliphatic hydroxyl groups is 2. The Morgan fingerprint density at radius 1 is 1.00 bits per heavy atom. The van der Waals surface area contributed by atoms with Gasteiger partial charge in [0, 0.05) is 13.2 Å². The molecule has 33 heavy (non-hydrogen) atoms. The van der Waals surface area contributed by atoms with Crippen LogP contribution >= 0.6 is 0 Å². The number of hydrogen-bond donors (Lipinski definition) is 4. The molecule has 2 heterocycles. The molecule has 4 N–H and O–H groups in total. The molecule has 2 aliphatic rings. The van der Waals surface area contributed by atoms with Crippen molar-refractivity contribution < 1.29 is 10.2 Å². The van der Waals surface area contributed by atoms with Gasteiger partial charge >= 0.3 is 0 Å². The summed E-state index contributed by atoms with van der Waals surface area (Å²) in [7, 11) is 1.84. The van der Waals surface area contributed by atoms with Crippen molar-refractivity contribution in [3.8, 4) is 0 Å². The van der Waals surface area contributed by atoms with E-state index in [1.54, 1.807) is 6.33 Å². The average molecular weight is 450 g/mol. The Bertz CT molecular complexity index is 1060. The van der Waals surface area contributed by atoms with Gasteiger partial charge in [0.1, 0.15) is 23.9 Å². The molecular weight excluding hydrogens is 414 g/mol. The molecule has 0 bridgehead atoms. The van der Waals surface area contributed by atoms with E-state index in [0.717, 1.165) is 49.2 Å². The molecule has 7 nitrogen and oxygen atoms in total. The molecule has 0 aliphatic heterocycles. The molecule has 1 unspecified atom stereocenters. The molecule has 176 valence electrons. The van der Waals surface area contributed by atoms with Gasteiger partial charge in [-0.15, -0.1) is 0 Å². The van der Waals surface area contributed by atoms with E-state index in [1.807, 2.05) is 23.9 Å². The molecule has 0 amide bonds. The summed E-state index contributed by atoms with van der Waals surface area (Å²) in [6.45, 7) is 2.05. The topological polar surface area (TPSA) is 95.2 Å². The lowest BCUT2D eigenvalue weighted by Crippen LogP contribution is -2.30. The van der Waals surface area contributed by atoms with Crippen LogP contribution in [0.25, 0.3) is 11.0 Å². The minimum absolute atomic E-state index is 0.150. The Morgan fingerprint density at radius 2 is 1.85 bits per heavy atom. The number of nitrogens with zero attached hydrogens (tertiary/aromatic N) is 3. The lowest BCUT2D eigenvalue weighted by Gasteiger charge is -2.19. The summed E-state index contributed by atoms with van der Waals surface area (Å²) in [5.74, 6) is 2.13. The van der Waals surface area contributed by atoms with Gasteiger partial charge in [-0.2, -0.15) is 0 Å². The monoisotopic (exact) mass is 449 g/mol. The van der Waals surface area contributed by atoms with Crippen LogP contribution in [0.2, 0.25) is 0 Å². The summed E-state index contributed by atoms with van der Waals surface area (Å²) in [5, 5.41) is 29.3. The molecule has 2 aromatic heterocycles.